The fraction of sp³-hybridized carbons (Fsp3) is 0.529. The van der Waals surface area contributed by atoms with Gasteiger partial charge in [-0.1, -0.05) is 27.2 Å². The van der Waals surface area contributed by atoms with Gasteiger partial charge in [-0.3, -0.25) is 9.59 Å². The Hall–Kier alpha value is -1.93. The third kappa shape index (κ3) is 6.47. The Kier molecular flexibility index (Phi) is 8.05. The molecule has 8 heteroatoms. The zero-order valence-corrected chi connectivity index (χ0v) is 15.9. The normalized spacial score (nSPS) is 11.6. The van der Waals surface area contributed by atoms with Crippen molar-refractivity contribution >= 4 is 27.6 Å². The van der Waals surface area contributed by atoms with Gasteiger partial charge in [-0.15, -0.1) is 0 Å². The number of benzene rings is 1. The predicted octanol–water partition coefficient (Wildman–Crippen LogP) is 2.24. The molecule has 1 aromatic carbocycles. The van der Waals surface area contributed by atoms with Crippen LogP contribution in [0.25, 0.3) is 0 Å². The van der Waals surface area contributed by atoms with Gasteiger partial charge in [0.25, 0.3) is 5.91 Å². The molecule has 25 heavy (non-hydrogen) atoms. The number of carbonyl (C=O) groups excluding carboxylic acids is 2. The van der Waals surface area contributed by atoms with E-state index in [4.69, 9.17) is 4.74 Å². The van der Waals surface area contributed by atoms with Crippen molar-refractivity contribution in [3.05, 3.63) is 24.3 Å². The van der Waals surface area contributed by atoms with Crippen LogP contribution in [0.15, 0.2) is 29.2 Å². The number of nitrogens with one attached hydrogen (secondary N) is 1. The van der Waals surface area contributed by atoms with Gasteiger partial charge < -0.3 is 10.1 Å². The molecule has 0 aliphatic rings. The fourth-order valence-electron chi connectivity index (χ4n) is 1.89. The Labute approximate surface area is 149 Å². The molecule has 0 aliphatic carbocycles. The van der Waals surface area contributed by atoms with Gasteiger partial charge in [0, 0.05) is 19.3 Å². The second-order valence-electron chi connectivity index (χ2n) is 6.02. The second-order valence-corrected chi connectivity index (χ2v) is 8.06. The molecular weight excluding hydrogens is 344 g/mol. The maximum Gasteiger partial charge on any atom is 0.308 e. The lowest BCUT2D eigenvalue weighted by Crippen LogP contribution is -2.28. The molecule has 0 fully saturated rings. The van der Waals surface area contributed by atoms with Crippen LogP contribution in [0.4, 0.5) is 5.69 Å². The third-order valence-corrected chi connectivity index (χ3v) is 5.36. The zero-order valence-electron chi connectivity index (χ0n) is 15.1. The Balaban J connectivity index is 2.67. The van der Waals surface area contributed by atoms with Crippen molar-refractivity contribution in [3.8, 4) is 0 Å². The highest BCUT2D eigenvalue weighted by Gasteiger charge is 2.20. The van der Waals surface area contributed by atoms with Gasteiger partial charge in [0.1, 0.15) is 0 Å². The summed E-state index contributed by atoms with van der Waals surface area (Å²) < 4.78 is 30.9. The number of amides is 1. The number of rotatable bonds is 9. The predicted molar refractivity (Wildman–Crippen MR) is 95.6 cm³/mol. The highest BCUT2D eigenvalue weighted by atomic mass is 32.2. The van der Waals surface area contributed by atoms with Crippen LogP contribution < -0.4 is 5.32 Å². The highest BCUT2D eigenvalue weighted by Crippen LogP contribution is 2.18. The Bertz CT molecular complexity index is 683. The van der Waals surface area contributed by atoms with Crippen LogP contribution in [0.1, 0.15) is 33.6 Å². The molecule has 0 saturated heterocycles. The minimum Gasteiger partial charge on any atom is -0.455 e. The maximum absolute atomic E-state index is 12.4. The molecule has 0 bridgehead atoms. The van der Waals surface area contributed by atoms with Gasteiger partial charge >= 0.3 is 5.97 Å². The van der Waals surface area contributed by atoms with Gasteiger partial charge in [-0.25, -0.2) is 12.7 Å². The number of sulfonamides is 1. The lowest BCUT2D eigenvalue weighted by atomic mass is 10.2. The van der Waals surface area contributed by atoms with Crippen LogP contribution in [-0.2, 0) is 24.3 Å². The average Bonchev–Trinajstić information content (AvgIpc) is 2.57. The van der Waals surface area contributed by atoms with Crippen molar-refractivity contribution in [2.45, 2.75) is 38.5 Å². The van der Waals surface area contributed by atoms with E-state index in [0.29, 0.717) is 12.2 Å². The summed E-state index contributed by atoms with van der Waals surface area (Å²) in [6.07, 6.45) is 1.70. The minimum atomic E-state index is -3.54. The summed E-state index contributed by atoms with van der Waals surface area (Å²) >= 11 is 0. The van der Waals surface area contributed by atoms with Crippen LogP contribution in [0.2, 0.25) is 0 Å². The zero-order chi connectivity index (χ0) is 19.0. The topological polar surface area (TPSA) is 92.8 Å². The summed E-state index contributed by atoms with van der Waals surface area (Å²) in [7, 11) is -1.99. The number of hydrogen-bond acceptors (Lipinski definition) is 5. The van der Waals surface area contributed by atoms with E-state index in [-0.39, 0.29) is 17.4 Å². The first-order valence-corrected chi connectivity index (χ1v) is 9.65. The monoisotopic (exact) mass is 370 g/mol. The Morgan fingerprint density at radius 3 is 2.32 bits per heavy atom. The molecule has 1 N–H and O–H groups in total. The summed E-state index contributed by atoms with van der Waals surface area (Å²) in [4.78, 5) is 23.2. The molecule has 0 unspecified atom stereocenters. The number of hydrogen-bond donors (Lipinski definition) is 1. The Morgan fingerprint density at radius 1 is 1.20 bits per heavy atom. The van der Waals surface area contributed by atoms with Crippen molar-refractivity contribution < 1.29 is 22.7 Å². The van der Waals surface area contributed by atoms with Gasteiger partial charge in [-0.2, -0.15) is 0 Å². The summed E-state index contributed by atoms with van der Waals surface area (Å²) in [6.45, 7) is 5.43. The summed E-state index contributed by atoms with van der Waals surface area (Å²) in [5.74, 6) is -1.24. The van der Waals surface area contributed by atoms with Crippen molar-refractivity contribution in [1.82, 2.24) is 4.31 Å². The van der Waals surface area contributed by atoms with Crippen LogP contribution in [0, 0.1) is 5.92 Å². The van der Waals surface area contributed by atoms with E-state index in [9.17, 15) is 18.0 Å². The molecule has 0 spiro atoms. The van der Waals surface area contributed by atoms with Crippen LogP contribution in [0.3, 0.4) is 0 Å². The molecule has 7 nitrogen and oxygen atoms in total. The SMILES string of the molecule is CCCCN(C)S(=O)(=O)c1ccc(NC(=O)COC(=O)C(C)C)cc1. The van der Waals surface area contributed by atoms with E-state index in [0.717, 1.165) is 12.8 Å². The van der Waals surface area contributed by atoms with Gasteiger partial charge in [-0.05, 0) is 30.7 Å². The van der Waals surface area contributed by atoms with E-state index in [2.05, 4.69) is 5.32 Å². The summed E-state index contributed by atoms with van der Waals surface area (Å²) in [5.41, 5.74) is 0.431. The molecule has 0 aromatic heterocycles. The Morgan fingerprint density at radius 2 is 1.80 bits per heavy atom. The van der Waals surface area contributed by atoms with E-state index in [1.807, 2.05) is 6.92 Å². The lowest BCUT2D eigenvalue weighted by molar-refractivity contribution is -0.150. The molecule has 0 saturated carbocycles. The number of carbonyl (C=O) groups is 2. The molecule has 1 rings (SSSR count). The maximum atomic E-state index is 12.4. The first kappa shape index (κ1) is 21.1. The lowest BCUT2D eigenvalue weighted by Gasteiger charge is -2.17. The number of unbranched alkanes of at least 4 members (excludes halogenated alkanes) is 1. The van der Waals surface area contributed by atoms with E-state index in [1.165, 1.54) is 28.6 Å². The third-order valence-electron chi connectivity index (χ3n) is 3.49. The molecular formula is C17H26N2O5S. The van der Waals surface area contributed by atoms with Crippen molar-refractivity contribution in [2.75, 3.05) is 25.5 Å². The molecule has 140 valence electrons. The molecule has 0 atom stereocenters. The summed E-state index contributed by atoms with van der Waals surface area (Å²) in [5, 5.41) is 2.55. The first-order valence-electron chi connectivity index (χ1n) is 8.21. The van der Waals surface area contributed by atoms with Crippen molar-refractivity contribution in [1.29, 1.82) is 0 Å². The molecule has 0 radical (unpaired) electrons. The van der Waals surface area contributed by atoms with Gasteiger partial charge in [0.15, 0.2) is 6.61 Å². The van der Waals surface area contributed by atoms with E-state index < -0.39 is 21.9 Å². The summed E-state index contributed by atoms with van der Waals surface area (Å²) in [6, 6.07) is 5.88. The second kappa shape index (κ2) is 9.53. The largest absolute Gasteiger partial charge is 0.455 e. The number of nitrogens with zero attached hydrogens (tertiary/aromatic N) is 1. The average molecular weight is 370 g/mol. The van der Waals surface area contributed by atoms with Crippen LogP contribution in [-0.4, -0.2) is 44.8 Å². The van der Waals surface area contributed by atoms with Crippen LogP contribution in [0.5, 0.6) is 0 Å². The molecule has 1 aromatic rings. The van der Waals surface area contributed by atoms with E-state index in [1.54, 1.807) is 20.9 Å². The fourth-order valence-corrected chi connectivity index (χ4v) is 3.10. The van der Waals surface area contributed by atoms with Crippen molar-refractivity contribution in [2.24, 2.45) is 5.92 Å². The highest BCUT2D eigenvalue weighted by molar-refractivity contribution is 7.89. The van der Waals surface area contributed by atoms with Crippen molar-refractivity contribution in [3.63, 3.8) is 0 Å². The molecule has 1 amide bonds. The number of ether oxygens (including phenoxy) is 1. The standard InChI is InChI=1S/C17H26N2O5S/c1-5-6-11-19(4)25(22,23)15-9-7-14(8-10-15)18-16(20)12-24-17(21)13(2)3/h7-10,13H,5-6,11-12H2,1-4H3,(H,18,20). The quantitative estimate of drug-likeness (QED) is 0.673. The van der Waals surface area contributed by atoms with Crippen LogP contribution >= 0.6 is 0 Å². The molecule has 0 aliphatic heterocycles. The van der Waals surface area contributed by atoms with E-state index >= 15 is 0 Å². The molecule has 0 heterocycles. The number of esters is 1. The minimum absolute atomic E-state index is 0.162. The number of anilines is 1. The van der Waals surface area contributed by atoms with Gasteiger partial charge in [0.05, 0.1) is 10.8 Å². The first-order chi connectivity index (χ1) is 11.7. The smallest absolute Gasteiger partial charge is 0.308 e. The van der Waals surface area contributed by atoms with Gasteiger partial charge in [0.2, 0.25) is 10.0 Å².